The van der Waals surface area contributed by atoms with Crippen LogP contribution in [0, 0.1) is 13.8 Å². The van der Waals surface area contributed by atoms with Crippen molar-refractivity contribution >= 4 is 38.9 Å². The molecule has 1 atom stereocenters. The van der Waals surface area contributed by atoms with E-state index in [2.05, 4.69) is 15.9 Å². The SMILES string of the molecule is COc1cc(C)c(Br)cc1C(O)c1scc(C)c1Cl. The second-order valence-corrected chi connectivity index (χ2v) is 6.49. The Bertz CT molecular complexity index is 610. The number of benzene rings is 1. The van der Waals surface area contributed by atoms with Crippen molar-refractivity contribution in [3.05, 3.63) is 48.6 Å². The normalized spacial score (nSPS) is 12.5. The van der Waals surface area contributed by atoms with E-state index in [9.17, 15) is 5.11 Å². The Morgan fingerprint density at radius 2 is 2.00 bits per heavy atom. The van der Waals surface area contributed by atoms with Gasteiger partial charge in [-0.05, 0) is 42.5 Å². The van der Waals surface area contributed by atoms with Crippen molar-refractivity contribution in [1.82, 2.24) is 0 Å². The number of aliphatic hydroxyl groups excluding tert-OH is 1. The number of aryl methyl sites for hydroxylation is 2. The van der Waals surface area contributed by atoms with E-state index in [1.165, 1.54) is 11.3 Å². The number of halogens is 2. The maximum Gasteiger partial charge on any atom is 0.125 e. The molecule has 0 saturated carbocycles. The lowest BCUT2D eigenvalue weighted by Gasteiger charge is -2.16. The van der Waals surface area contributed by atoms with Gasteiger partial charge in [-0.3, -0.25) is 0 Å². The third-order valence-corrected chi connectivity index (χ3v) is 5.60. The molecule has 0 bridgehead atoms. The Morgan fingerprint density at radius 1 is 1.32 bits per heavy atom. The van der Waals surface area contributed by atoms with Crippen LogP contribution in [0.2, 0.25) is 5.02 Å². The van der Waals surface area contributed by atoms with Gasteiger partial charge in [-0.1, -0.05) is 27.5 Å². The Hall–Kier alpha value is -0.550. The molecule has 0 fully saturated rings. The highest BCUT2D eigenvalue weighted by Gasteiger charge is 2.21. The van der Waals surface area contributed by atoms with E-state index < -0.39 is 6.10 Å². The summed E-state index contributed by atoms with van der Waals surface area (Å²) in [6.07, 6.45) is -0.780. The lowest BCUT2D eigenvalue weighted by Crippen LogP contribution is -2.02. The molecule has 0 saturated heterocycles. The number of thiophene rings is 1. The van der Waals surface area contributed by atoms with Crippen LogP contribution in [-0.2, 0) is 0 Å². The van der Waals surface area contributed by atoms with Crippen molar-refractivity contribution in [2.24, 2.45) is 0 Å². The zero-order valence-corrected chi connectivity index (χ0v) is 14.0. The molecule has 102 valence electrons. The van der Waals surface area contributed by atoms with Crippen LogP contribution in [0.1, 0.15) is 27.7 Å². The maximum atomic E-state index is 10.5. The van der Waals surface area contributed by atoms with Gasteiger partial charge < -0.3 is 9.84 Å². The summed E-state index contributed by atoms with van der Waals surface area (Å²) >= 11 is 11.2. The molecule has 2 rings (SSSR count). The van der Waals surface area contributed by atoms with Crippen molar-refractivity contribution in [3.8, 4) is 5.75 Å². The van der Waals surface area contributed by atoms with E-state index >= 15 is 0 Å². The average Bonchev–Trinajstić information content (AvgIpc) is 2.72. The highest BCUT2D eigenvalue weighted by atomic mass is 79.9. The van der Waals surface area contributed by atoms with Crippen LogP contribution in [0.5, 0.6) is 5.75 Å². The van der Waals surface area contributed by atoms with Gasteiger partial charge >= 0.3 is 0 Å². The second kappa shape index (κ2) is 5.83. The molecule has 1 heterocycles. The van der Waals surface area contributed by atoms with E-state index in [0.29, 0.717) is 16.3 Å². The molecule has 1 aromatic heterocycles. The van der Waals surface area contributed by atoms with Gasteiger partial charge in [0.05, 0.1) is 17.0 Å². The minimum Gasteiger partial charge on any atom is -0.496 e. The first-order valence-electron chi connectivity index (χ1n) is 5.71. The molecule has 0 spiro atoms. The van der Waals surface area contributed by atoms with E-state index in [1.807, 2.05) is 31.4 Å². The summed E-state index contributed by atoms with van der Waals surface area (Å²) in [6, 6.07) is 3.78. The number of rotatable bonds is 3. The fraction of sp³-hybridized carbons (Fsp3) is 0.286. The number of aliphatic hydroxyl groups is 1. The lowest BCUT2D eigenvalue weighted by atomic mass is 10.0. The fourth-order valence-corrected chi connectivity index (χ4v) is 3.50. The van der Waals surface area contributed by atoms with Crippen LogP contribution in [-0.4, -0.2) is 12.2 Å². The minimum atomic E-state index is -0.780. The van der Waals surface area contributed by atoms with Crippen molar-refractivity contribution in [2.75, 3.05) is 7.11 Å². The summed E-state index contributed by atoms with van der Waals surface area (Å²) in [6.45, 7) is 3.91. The van der Waals surface area contributed by atoms with Crippen molar-refractivity contribution < 1.29 is 9.84 Å². The van der Waals surface area contributed by atoms with E-state index in [0.717, 1.165) is 20.5 Å². The number of ether oxygens (including phenoxy) is 1. The molecule has 1 unspecified atom stereocenters. The van der Waals surface area contributed by atoms with Gasteiger partial charge in [0.15, 0.2) is 0 Å². The van der Waals surface area contributed by atoms with Crippen LogP contribution in [0.15, 0.2) is 22.0 Å². The molecule has 2 nitrogen and oxygen atoms in total. The number of hydrogen-bond acceptors (Lipinski definition) is 3. The summed E-state index contributed by atoms with van der Waals surface area (Å²) in [5.41, 5.74) is 2.75. The first-order valence-corrected chi connectivity index (χ1v) is 7.76. The Kier molecular flexibility index (Phi) is 4.56. The highest BCUT2D eigenvalue weighted by Crippen LogP contribution is 2.40. The highest BCUT2D eigenvalue weighted by molar-refractivity contribution is 9.10. The number of methoxy groups -OCH3 is 1. The molecule has 0 radical (unpaired) electrons. The monoisotopic (exact) mass is 360 g/mol. The van der Waals surface area contributed by atoms with Crippen molar-refractivity contribution in [3.63, 3.8) is 0 Å². The fourth-order valence-electron chi connectivity index (χ4n) is 1.84. The third kappa shape index (κ3) is 2.82. The van der Waals surface area contributed by atoms with Crippen molar-refractivity contribution in [1.29, 1.82) is 0 Å². The van der Waals surface area contributed by atoms with Crippen molar-refractivity contribution in [2.45, 2.75) is 20.0 Å². The summed E-state index contributed by atoms with van der Waals surface area (Å²) in [7, 11) is 1.60. The standard InChI is InChI=1S/C14H14BrClO2S/c1-7-4-11(18-3)9(5-10(7)15)13(17)14-12(16)8(2)6-19-14/h4-6,13,17H,1-3H3. The van der Waals surface area contributed by atoms with Gasteiger partial charge in [0.2, 0.25) is 0 Å². The summed E-state index contributed by atoms with van der Waals surface area (Å²) in [5, 5.41) is 13.1. The van der Waals surface area contributed by atoms with Crippen LogP contribution in [0.3, 0.4) is 0 Å². The van der Waals surface area contributed by atoms with Crippen LogP contribution < -0.4 is 4.74 Å². The van der Waals surface area contributed by atoms with E-state index in [4.69, 9.17) is 16.3 Å². The van der Waals surface area contributed by atoms with Gasteiger partial charge in [0, 0.05) is 10.0 Å². The molecule has 0 aliphatic heterocycles. The van der Waals surface area contributed by atoms with Gasteiger partial charge in [0.25, 0.3) is 0 Å². The quantitative estimate of drug-likeness (QED) is 0.845. The van der Waals surface area contributed by atoms with Gasteiger partial charge in [-0.25, -0.2) is 0 Å². The first-order chi connectivity index (χ1) is 8.95. The molecule has 0 aliphatic carbocycles. The smallest absolute Gasteiger partial charge is 0.125 e. The second-order valence-electron chi connectivity index (χ2n) is 4.34. The largest absolute Gasteiger partial charge is 0.496 e. The van der Waals surface area contributed by atoms with Gasteiger partial charge in [-0.2, -0.15) is 0 Å². The van der Waals surface area contributed by atoms with Crippen LogP contribution >= 0.6 is 38.9 Å². The minimum absolute atomic E-state index is 0.622. The van der Waals surface area contributed by atoms with Gasteiger partial charge in [0.1, 0.15) is 11.9 Å². The predicted molar refractivity (Wildman–Crippen MR) is 83.6 cm³/mol. The molecular weight excluding hydrogens is 348 g/mol. The molecule has 1 aromatic carbocycles. The average molecular weight is 362 g/mol. The molecule has 5 heteroatoms. The third-order valence-electron chi connectivity index (χ3n) is 2.98. The van der Waals surface area contributed by atoms with Crippen LogP contribution in [0.25, 0.3) is 0 Å². The predicted octanol–water partition coefficient (Wildman–Crippen LogP) is 4.87. The summed E-state index contributed by atoms with van der Waals surface area (Å²) in [5.74, 6) is 0.662. The Labute approximate surface area is 130 Å². The van der Waals surface area contributed by atoms with Gasteiger partial charge in [-0.15, -0.1) is 11.3 Å². The molecule has 2 aromatic rings. The molecule has 19 heavy (non-hydrogen) atoms. The molecular formula is C14H14BrClO2S. The van der Waals surface area contributed by atoms with E-state index in [-0.39, 0.29) is 0 Å². The summed E-state index contributed by atoms with van der Waals surface area (Å²) < 4.78 is 6.29. The maximum absolute atomic E-state index is 10.5. The topological polar surface area (TPSA) is 29.5 Å². The Balaban J connectivity index is 2.52. The van der Waals surface area contributed by atoms with Crippen LogP contribution in [0.4, 0.5) is 0 Å². The summed E-state index contributed by atoms with van der Waals surface area (Å²) in [4.78, 5) is 0.744. The lowest BCUT2D eigenvalue weighted by molar-refractivity contribution is 0.218. The number of hydrogen-bond donors (Lipinski definition) is 1. The molecule has 1 N–H and O–H groups in total. The molecule has 0 amide bonds. The first kappa shape index (κ1) is 14.9. The molecule has 0 aliphatic rings. The Morgan fingerprint density at radius 3 is 2.53 bits per heavy atom. The zero-order chi connectivity index (χ0) is 14.2. The van der Waals surface area contributed by atoms with E-state index in [1.54, 1.807) is 7.11 Å². The zero-order valence-electron chi connectivity index (χ0n) is 10.8.